The lowest BCUT2D eigenvalue weighted by Gasteiger charge is -2.11. The van der Waals surface area contributed by atoms with Gasteiger partial charge in [0, 0.05) is 22.8 Å². The molecule has 0 saturated heterocycles. The first-order valence-corrected chi connectivity index (χ1v) is 9.53. The van der Waals surface area contributed by atoms with Gasteiger partial charge in [0.2, 0.25) is 0 Å². The van der Waals surface area contributed by atoms with Crippen LogP contribution in [0.1, 0.15) is 0 Å². The first-order valence-electron chi connectivity index (χ1n) is 7.49. The van der Waals surface area contributed by atoms with Gasteiger partial charge < -0.3 is 5.32 Å². The maximum absolute atomic E-state index is 13.2. The summed E-state index contributed by atoms with van der Waals surface area (Å²) in [5.41, 5.74) is 1.82. The van der Waals surface area contributed by atoms with Gasteiger partial charge in [-0.2, -0.15) is 0 Å². The lowest BCUT2D eigenvalue weighted by atomic mass is 10.2. The van der Waals surface area contributed by atoms with Gasteiger partial charge in [0.1, 0.15) is 4.83 Å². The molecule has 120 valence electrons. The predicted molar refractivity (Wildman–Crippen MR) is 104 cm³/mol. The van der Waals surface area contributed by atoms with Crippen LogP contribution >= 0.6 is 23.1 Å². The second-order valence-electron chi connectivity index (χ2n) is 5.31. The molecule has 2 aromatic heterocycles. The number of thiophene rings is 1. The zero-order chi connectivity index (χ0) is 16.7. The van der Waals surface area contributed by atoms with Crippen molar-refractivity contribution in [3.05, 3.63) is 58.9 Å². The van der Waals surface area contributed by atoms with Gasteiger partial charge in [-0.05, 0) is 36.6 Å². The Balaban J connectivity index is 2.07. The van der Waals surface area contributed by atoms with Crippen molar-refractivity contribution in [1.82, 2.24) is 9.55 Å². The van der Waals surface area contributed by atoms with Crippen LogP contribution in [0.3, 0.4) is 0 Å². The molecule has 0 aliphatic heterocycles. The van der Waals surface area contributed by atoms with Gasteiger partial charge in [-0.15, -0.1) is 11.3 Å². The zero-order valence-corrected chi connectivity index (χ0v) is 14.9. The van der Waals surface area contributed by atoms with E-state index >= 15 is 0 Å². The molecule has 0 spiro atoms. The monoisotopic (exact) mass is 353 g/mol. The highest BCUT2D eigenvalue weighted by atomic mass is 32.2. The maximum Gasteiger partial charge on any atom is 0.268 e. The summed E-state index contributed by atoms with van der Waals surface area (Å²) in [4.78, 5) is 18.8. The van der Waals surface area contributed by atoms with Crippen molar-refractivity contribution >= 4 is 49.1 Å². The number of aromatic nitrogens is 2. The third-order valence-corrected chi connectivity index (χ3v) is 5.68. The molecule has 0 aliphatic carbocycles. The van der Waals surface area contributed by atoms with Crippen molar-refractivity contribution in [2.75, 3.05) is 18.6 Å². The normalized spacial score (nSPS) is 11.2. The third-order valence-electron chi connectivity index (χ3n) is 3.98. The molecule has 4 rings (SSSR count). The van der Waals surface area contributed by atoms with Crippen LogP contribution < -0.4 is 10.9 Å². The molecular weight excluding hydrogens is 338 g/mol. The summed E-state index contributed by atoms with van der Waals surface area (Å²) >= 11 is 3.05. The maximum atomic E-state index is 13.2. The van der Waals surface area contributed by atoms with Crippen molar-refractivity contribution in [3.8, 4) is 5.69 Å². The smallest absolute Gasteiger partial charge is 0.268 e. The van der Waals surface area contributed by atoms with Gasteiger partial charge in [0.15, 0.2) is 5.16 Å². The van der Waals surface area contributed by atoms with E-state index in [-0.39, 0.29) is 5.56 Å². The van der Waals surface area contributed by atoms with Gasteiger partial charge in [0.05, 0.1) is 11.1 Å². The van der Waals surface area contributed by atoms with Crippen LogP contribution in [0.15, 0.2) is 58.5 Å². The average Bonchev–Trinajstić information content (AvgIpc) is 3.00. The Kier molecular flexibility index (Phi) is 3.78. The minimum Gasteiger partial charge on any atom is -0.388 e. The number of thioether (sulfide) groups is 1. The van der Waals surface area contributed by atoms with E-state index in [0.29, 0.717) is 10.5 Å². The Labute approximate surface area is 147 Å². The average molecular weight is 353 g/mol. The Morgan fingerprint density at radius 1 is 1.12 bits per heavy atom. The minimum absolute atomic E-state index is 0.0148. The molecule has 0 amide bonds. The highest BCUT2D eigenvalue weighted by molar-refractivity contribution is 7.98. The summed E-state index contributed by atoms with van der Waals surface area (Å²) in [6.07, 6.45) is 1.94. The van der Waals surface area contributed by atoms with Crippen molar-refractivity contribution in [2.45, 2.75) is 5.16 Å². The second kappa shape index (κ2) is 5.96. The fourth-order valence-electron chi connectivity index (χ4n) is 2.80. The van der Waals surface area contributed by atoms with E-state index in [0.717, 1.165) is 26.3 Å². The van der Waals surface area contributed by atoms with E-state index in [1.54, 1.807) is 15.9 Å². The van der Waals surface area contributed by atoms with Crippen molar-refractivity contribution in [2.24, 2.45) is 0 Å². The van der Waals surface area contributed by atoms with Gasteiger partial charge in [-0.1, -0.05) is 30.0 Å². The SMILES string of the molecule is CNc1ccc(-n2c(SC)nc3sc4ccccc4c3c2=O)cc1. The van der Waals surface area contributed by atoms with Gasteiger partial charge in [-0.25, -0.2) is 4.98 Å². The van der Waals surface area contributed by atoms with Gasteiger partial charge in [0.25, 0.3) is 5.56 Å². The third kappa shape index (κ3) is 2.30. The molecule has 24 heavy (non-hydrogen) atoms. The molecule has 0 fully saturated rings. The van der Waals surface area contributed by atoms with Crippen molar-refractivity contribution < 1.29 is 0 Å². The Morgan fingerprint density at radius 2 is 1.88 bits per heavy atom. The largest absolute Gasteiger partial charge is 0.388 e. The first-order chi connectivity index (χ1) is 11.7. The summed E-state index contributed by atoms with van der Waals surface area (Å²) in [6.45, 7) is 0. The summed E-state index contributed by atoms with van der Waals surface area (Å²) in [5, 5.41) is 5.47. The van der Waals surface area contributed by atoms with Crippen LogP contribution in [0.5, 0.6) is 0 Å². The molecule has 0 saturated carbocycles. The molecule has 0 radical (unpaired) electrons. The van der Waals surface area contributed by atoms with Crippen LogP contribution in [0.25, 0.3) is 26.0 Å². The van der Waals surface area contributed by atoms with Crippen LogP contribution in [0.2, 0.25) is 0 Å². The Morgan fingerprint density at radius 3 is 2.58 bits per heavy atom. The number of hydrogen-bond donors (Lipinski definition) is 1. The first kappa shape index (κ1) is 15.2. The van der Waals surface area contributed by atoms with E-state index in [4.69, 9.17) is 4.98 Å². The molecular formula is C18H15N3OS2. The molecule has 1 N–H and O–H groups in total. The topological polar surface area (TPSA) is 46.9 Å². The lowest BCUT2D eigenvalue weighted by molar-refractivity contribution is 0.825. The molecule has 0 unspecified atom stereocenters. The predicted octanol–water partition coefficient (Wildman–Crippen LogP) is 4.36. The molecule has 6 heteroatoms. The lowest BCUT2D eigenvalue weighted by Crippen LogP contribution is -2.21. The van der Waals surface area contributed by atoms with E-state index in [1.807, 2.05) is 61.8 Å². The number of anilines is 1. The molecule has 0 atom stereocenters. The summed E-state index contributed by atoms with van der Waals surface area (Å²) < 4.78 is 2.79. The number of hydrogen-bond acceptors (Lipinski definition) is 5. The van der Waals surface area contributed by atoms with Gasteiger partial charge >= 0.3 is 0 Å². The minimum atomic E-state index is -0.0148. The summed E-state index contributed by atoms with van der Waals surface area (Å²) in [6, 6.07) is 15.8. The molecule has 0 bridgehead atoms. The van der Waals surface area contributed by atoms with Crippen LogP contribution in [0, 0.1) is 0 Å². The summed E-state index contributed by atoms with van der Waals surface area (Å²) in [7, 11) is 1.87. The van der Waals surface area contributed by atoms with Gasteiger partial charge in [-0.3, -0.25) is 9.36 Å². The molecule has 2 aromatic carbocycles. The van der Waals surface area contributed by atoms with Crippen molar-refractivity contribution in [3.63, 3.8) is 0 Å². The fraction of sp³-hybridized carbons (Fsp3) is 0.111. The highest BCUT2D eigenvalue weighted by Gasteiger charge is 2.16. The number of fused-ring (bicyclic) bond motifs is 3. The number of nitrogens with one attached hydrogen (secondary N) is 1. The molecule has 2 heterocycles. The Hall–Kier alpha value is -2.31. The number of benzene rings is 2. The second-order valence-corrected chi connectivity index (χ2v) is 7.12. The summed E-state index contributed by atoms with van der Waals surface area (Å²) in [5.74, 6) is 0. The van der Waals surface area contributed by atoms with Crippen LogP contribution in [-0.2, 0) is 0 Å². The van der Waals surface area contributed by atoms with E-state index in [9.17, 15) is 4.79 Å². The Bertz CT molecular complexity index is 1100. The van der Waals surface area contributed by atoms with Crippen molar-refractivity contribution in [1.29, 1.82) is 0 Å². The quantitative estimate of drug-likeness (QED) is 0.439. The number of nitrogens with zero attached hydrogens (tertiary/aromatic N) is 2. The van der Waals surface area contributed by atoms with Crippen LogP contribution in [0.4, 0.5) is 5.69 Å². The van der Waals surface area contributed by atoms with Crippen LogP contribution in [-0.4, -0.2) is 22.9 Å². The standard InChI is InChI=1S/C18H15N3OS2/c1-19-11-7-9-12(10-8-11)21-17(22)15-13-5-3-4-6-14(13)24-16(15)20-18(21)23-2/h3-10,19H,1-2H3. The molecule has 0 aliphatic rings. The molecule has 4 aromatic rings. The van der Waals surface area contributed by atoms with E-state index < -0.39 is 0 Å². The zero-order valence-electron chi connectivity index (χ0n) is 13.2. The van der Waals surface area contributed by atoms with E-state index in [2.05, 4.69) is 5.32 Å². The number of rotatable bonds is 3. The fourth-order valence-corrected chi connectivity index (χ4v) is 4.47. The highest BCUT2D eigenvalue weighted by Crippen LogP contribution is 2.32. The van der Waals surface area contributed by atoms with E-state index in [1.165, 1.54) is 11.8 Å². The molecule has 4 nitrogen and oxygen atoms in total.